The molecule has 0 N–H and O–H groups in total. The number of amides is 1. The number of hydrogen-bond donors (Lipinski definition) is 0. The average molecular weight is 349 g/mol. The third-order valence-electron chi connectivity index (χ3n) is 5.75. The van der Waals surface area contributed by atoms with Gasteiger partial charge in [-0.2, -0.15) is 0 Å². The lowest BCUT2D eigenvalue weighted by Gasteiger charge is -2.32. The molecule has 0 radical (unpaired) electrons. The van der Waals surface area contributed by atoms with Crippen molar-refractivity contribution in [2.75, 3.05) is 12.8 Å². The Morgan fingerprint density at radius 3 is 2.62 bits per heavy atom. The van der Waals surface area contributed by atoms with Gasteiger partial charge >= 0.3 is 0 Å². The molecular weight excluding hydrogens is 322 g/mol. The Bertz CT molecular complexity index is 741. The van der Waals surface area contributed by atoms with E-state index < -0.39 is 9.84 Å². The van der Waals surface area contributed by atoms with Gasteiger partial charge in [-0.05, 0) is 48.8 Å². The lowest BCUT2D eigenvalue weighted by molar-refractivity contribution is 0.0690. The van der Waals surface area contributed by atoms with E-state index in [0.717, 1.165) is 18.5 Å². The smallest absolute Gasteiger partial charge is 0.254 e. The van der Waals surface area contributed by atoms with E-state index in [1.807, 2.05) is 11.8 Å². The summed E-state index contributed by atoms with van der Waals surface area (Å²) < 4.78 is 24.1. The third kappa shape index (κ3) is 3.10. The fourth-order valence-corrected chi connectivity index (χ4v) is 5.53. The first-order chi connectivity index (χ1) is 11.3. The van der Waals surface area contributed by atoms with Crippen molar-refractivity contribution >= 4 is 15.7 Å². The first kappa shape index (κ1) is 17.5. The maximum atomic E-state index is 13.1. The van der Waals surface area contributed by atoms with Crippen LogP contribution in [-0.2, 0) is 16.3 Å². The molecule has 1 amide bonds. The standard InChI is InChI=1S/C19H27NO3S/c1-4-14-9-10-15(11-18(14)24(3,22)23)19(21)20-12-13(2)16-7-5-6-8-17(16)20/h9-11,13,16-17H,4-8,12H2,1-3H3/t13-,16-,17-/m0/s1. The number of nitrogens with zero attached hydrogens (tertiary/aromatic N) is 1. The van der Waals surface area contributed by atoms with Gasteiger partial charge in [-0.15, -0.1) is 0 Å². The quantitative estimate of drug-likeness (QED) is 0.841. The zero-order valence-corrected chi connectivity index (χ0v) is 15.6. The van der Waals surface area contributed by atoms with Gasteiger partial charge in [-0.1, -0.05) is 32.8 Å². The van der Waals surface area contributed by atoms with Gasteiger partial charge < -0.3 is 4.90 Å². The summed E-state index contributed by atoms with van der Waals surface area (Å²) in [5, 5.41) is 0. The topological polar surface area (TPSA) is 54.5 Å². The van der Waals surface area contributed by atoms with E-state index in [-0.39, 0.29) is 5.91 Å². The molecule has 2 aliphatic rings. The Labute approximate surface area is 145 Å². The SMILES string of the molecule is CCc1ccc(C(=O)N2C[C@H](C)[C@@H]3CCCC[C@@H]32)cc1S(C)(=O)=O. The largest absolute Gasteiger partial charge is 0.335 e. The Morgan fingerprint density at radius 1 is 1.25 bits per heavy atom. The predicted molar refractivity (Wildman–Crippen MR) is 94.9 cm³/mol. The van der Waals surface area contributed by atoms with E-state index >= 15 is 0 Å². The zero-order chi connectivity index (χ0) is 17.5. The molecular formula is C19H27NO3S. The van der Waals surface area contributed by atoms with Crippen molar-refractivity contribution in [3.63, 3.8) is 0 Å². The molecule has 2 fully saturated rings. The fraction of sp³-hybridized carbons (Fsp3) is 0.632. The van der Waals surface area contributed by atoms with E-state index in [0.29, 0.717) is 34.8 Å². The lowest BCUT2D eigenvalue weighted by Crippen LogP contribution is -2.39. The van der Waals surface area contributed by atoms with E-state index in [1.54, 1.807) is 18.2 Å². The monoisotopic (exact) mass is 349 g/mol. The van der Waals surface area contributed by atoms with Crippen LogP contribution >= 0.6 is 0 Å². The first-order valence-corrected chi connectivity index (χ1v) is 10.9. The molecule has 1 aliphatic heterocycles. The summed E-state index contributed by atoms with van der Waals surface area (Å²) in [6, 6.07) is 5.49. The molecule has 3 rings (SSSR count). The highest BCUT2D eigenvalue weighted by Gasteiger charge is 2.42. The Morgan fingerprint density at radius 2 is 1.96 bits per heavy atom. The van der Waals surface area contributed by atoms with Crippen molar-refractivity contribution in [3.05, 3.63) is 29.3 Å². The highest BCUT2D eigenvalue weighted by molar-refractivity contribution is 7.90. The van der Waals surface area contributed by atoms with Crippen LogP contribution in [0.25, 0.3) is 0 Å². The highest BCUT2D eigenvalue weighted by Crippen LogP contribution is 2.40. The van der Waals surface area contributed by atoms with Crippen molar-refractivity contribution in [3.8, 4) is 0 Å². The van der Waals surface area contributed by atoms with Gasteiger partial charge in [0, 0.05) is 24.4 Å². The van der Waals surface area contributed by atoms with Crippen molar-refractivity contribution in [1.29, 1.82) is 0 Å². The molecule has 1 heterocycles. The second-order valence-corrected chi connectivity index (χ2v) is 9.38. The van der Waals surface area contributed by atoms with Crippen molar-refractivity contribution in [2.24, 2.45) is 11.8 Å². The molecule has 0 aromatic heterocycles. The van der Waals surface area contributed by atoms with Gasteiger partial charge in [-0.3, -0.25) is 4.79 Å². The number of fused-ring (bicyclic) bond motifs is 1. The first-order valence-electron chi connectivity index (χ1n) is 8.97. The molecule has 132 valence electrons. The van der Waals surface area contributed by atoms with Gasteiger partial charge in [0.05, 0.1) is 4.90 Å². The Balaban J connectivity index is 1.93. The van der Waals surface area contributed by atoms with Crippen LogP contribution in [0.2, 0.25) is 0 Å². The fourth-order valence-electron chi connectivity index (χ4n) is 4.50. The van der Waals surface area contributed by atoms with Crippen molar-refractivity contribution in [1.82, 2.24) is 4.90 Å². The normalized spacial score (nSPS) is 27.1. The summed E-state index contributed by atoms with van der Waals surface area (Å²) in [6.45, 7) is 4.95. The predicted octanol–water partition coefficient (Wildman–Crippen LogP) is 3.30. The molecule has 1 saturated carbocycles. The number of carbonyl (C=O) groups is 1. The molecule has 3 atom stereocenters. The average Bonchev–Trinajstić information content (AvgIpc) is 2.90. The maximum Gasteiger partial charge on any atom is 0.254 e. The molecule has 0 spiro atoms. The number of carbonyl (C=O) groups excluding carboxylic acids is 1. The van der Waals surface area contributed by atoms with Gasteiger partial charge in [0.1, 0.15) is 0 Å². The van der Waals surface area contributed by atoms with Crippen molar-refractivity contribution < 1.29 is 13.2 Å². The summed E-state index contributed by atoms with van der Waals surface area (Å²) in [5.41, 5.74) is 1.28. The molecule has 1 aromatic rings. The van der Waals surface area contributed by atoms with Crippen LogP contribution in [0.5, 0.6) is 0 Å². The van der Waals surface area contributed by atoms with Crippen LogP contribution in [0.1, 0.15) is 55.5 Å². The minimum absolute atomic E-state index is 0.0104. The lowest BCUT2D eigenvalue weighted by atomic mass is 9.80. The van der Waals surface area contributed by atoms with Crippen LogP contribution < -0.4 is 0 Å². The number of hydrogen-bond acceptors (Lipinski definition) is 3. The van der Waals surface area contributed by atoms with Gasteiger partial charge in [0.25, 0.3) is 5.91 Å². The molecule has 0 bridgehead atoms. The van der Waals surface area contributed by atoms with Crippen LogP contribution in [0.15, 0.2) is 23.1 Å². The number of sulfone groups is 1. The number of likely N-dealkylation sites (tertiary alicyclic amines) is 1. The van der Waals surface area contributed by atoms with Gasteiger partial charge in [0.15, 0.2) is 9.84 Å². The van der Waals surface area contributed by atoms with Crippen LogP contribution in [0.4, 0.5) is 0 Å². The minimum atomic E-state index is -3.33. The van der Waals surface area contributed by atoms with Gasteiger partial charge in [-0.25, -0.2) is 8.42 Å². The maximum absolute atomic E-state index is 13.1. The van der Waals surface area contributed by atoms with Gasteiger partial charge in [0.2, 0.25) is 0 Å². The molecule has 1 saturated heterocycles. The Hall–Kier alpha value is -1.36. The molecule has 0 unspecified atom stereocenters. The number of aryl methyl sites for hydroxylation is 1. The summed E-state index contributed by atoms with van der Waals surface area (Å²) in [7, 11) is -3.33. The second-order valence-electron chi connectivity index (χ2n) is 7.40. The summed E-state index contributed by atoms with van der Waals surface area (Å²) in [5.74, 6) is 1.12. The summed E-state index contributed by atoms with van der Waals surface area (Å²) >= 11 is 0. The summed E-state index contributed by atoms with van der Waals surface area (Å²) in [6.07, 6.45) is 6.58. The molecule has 4 nitrogen and oxygen atoms in total. The van der Waals surface area contributed by atoms with E-state index in [2.05, 4.69) is 6.92 Å². The van der Waals surface area contributed by atoms with Crippen LogP contribution in [-0.4, -0.2) is 38.1 Å². The molecule has 1 aliphatic carbocycles. The molecule has 1 aromatic carbocycles. The second kappa shape index (κ2) is 6.51. The highest BCUT2D eigenvalue weighted by atomic mass is 32.2. The minimum Gasteiger partial charge on any atom is -0.335 e. The Kier molecular flexibility index (Phi) is 4.73. The molecule has 24 heavy (non-hydrogen) atoms. The van der Waals surface area contributed by atoms with E-state index in [1.165, 1.54) is 25.5 Å². The third-order valence-corrected chi connectivity index (χ3v) is 6.93. The number of rotatable bonds is 3. The zero-order valence-electron chi connectivity index (χ0n) is 14.8. The molecule has 5 heteroatoms. The van der Waals surface area contributed by atoms with Crippen LogP contribution in [0, 0.1) is 11.8 Å². The van der Waals surface area contributed by atoms with E-state index in [9.17, 15) is 13.2 Å². The van der Waals surface area contributed by atoms with E-state index in [4.69, 9.17) is 0 Å². The van der Waals surface area contributed by atoms with Crippen molar-refractivity contribution in [2.45, 2.75) is 56.9 Å². The number of benzene rings is 1. The van der Waals surface area contributed by atoms with Crippen LogP contribution in [0.3, 0.4) is 0 Å². The summed E-state index contributed by atoms with van der Waals surface area (Å²) in [4.78, 5) is 15.4.